The number of hydrogen-bond acceptors (Lipinski definition) is 5. The van der Waals surface area contributed by atoms with E-state index in [-0.39, 0.29) is 34.8 Å². The lowest BCUT2D eigenvalue weighted by molar-refractivity contribution is 0.335. The van der Waals surface area contributed by atoms with E-state index in [0.717, 1.165) is 6.54 Å². The molecule has 1 heterocycles. The van der Waals surface area contributed by atoms with Gasteiger partial charge in [-0.2, -0.15) is 0 Å². The maximum Gasteiger partial charge on any atom is 0.150 e. The van der Waals surface area contributed by atoms with Crippen LogP contribution in [0, 0.1) is 11.8 Å². The predicted octanol–water partition coefficient (Wildman–Crippen LogP) is 1.00. The molecule has 1 aliphatic carbocycles. The van der Waals surface area contributed by atoms with Crippen LogP contribution in [0.2, 0.25) is 0 Å². The van der Waals surface area contributed by atoms with E-state index in [2.05, 4.69) is 5.32 Å². The molecule has 124 valence electrons. The Hall–Kier alpha value is -0.140. The first kappa shape index (κ1) is 17.2. The summed E-state index contributed by atoms with van der Waals surface area (Å²) in [6.45, 7) is 2.62. The predicted molar refractivity (Wildman–Crippen MR) is 84.8 cm³/mol. The molecule has 2 fully saturated rings. The van der Waals surface area contributed by atoms with E-state index >= 15 is 0 Å². The van der Waals surface area contributed by atoms with E-state index in [1.165, 1.54) is 12.8 Å². The summed E-state index contributed by atoms with van der Waals surface area (Å²) in [5, 5.41) is 3.44. The summed E-state index contributed by atoms with van der Waals surface area (Å²) >= 11 is 0. The van der Waals surface area contributed by atoms with Crippen LogP contribution in [0.25, 0.3) is 0 Å². The second-order valence-corrected chi connectivity index (χ2v) is 11.1. The molecule has 0 amide bonds. The molecule has 0 aromatic rings. The molecule has 1 N–H and O–H groups in total. The molecular formula is C14H27NO4S2. The zero-order valence-corrected chi connectivity index (χ0v) is 14.4. The first-order valence-corrected chi connectivity index (χ1v) is 11.6. The van der Waals surface area contributed by atoms with Crippen LogP contribution in [-0.2, 0) is 19.7 Å². The van der Waals surface area contributed by atoms with Gasteiger partial charge in [-0.1, -0.05) is 6.92 Å². The van der Waals surface area contributed by atoms with Gasteiger partial charge in [-0.3, -0.25) is 0 Å². The Morgan fingerprint density at radius 2 is 1.90 bits per heavy atom. The number of nitrogens with one attached hydrogen (secondary N) is 1. The van der Waals surface area contributed by atoms with Gasteiger partial charge in [-0.25, -0.2) is 16.8 Å². The number of rotatable bonds is 9. The first-order chi connectivity index (χ1) is 9.81. The Bertz CT molecular complexity index is 537. The van der Waals surface area contributed by atoms with Crippen LogP contribution in [0.1, 0.15) is 39.0 Å². The topological polar surface area (TPSA) is 80.3 Å². The van der Waals surface area contributed by atoms with Crippen molar-refractivity contribution < 1.29 is 16.8 Å². The van der Waals surface area contributed by atoms with E-state index in [1.54, 1.807) is 0 Å². The van der Waals surface area contributed by atoms with E-state index in [4.69, 9.17) is 0 Å². The molecule has 1 saturated heterocycles. The zero-order valence-electron chi connectivity index (χ0n) is 12.8. The average molecular weight is 338 g/mol. The molecule has 0 spiro atoms. The minimum absolute atomic E-state index is 0.123. The first-order valence-electron chi connectivity index (χ1n) is 7.95. The van der Waals surface area contributed by atoms with E-state index in [0.29, 0.717) is 25.3 Å². The second kappa shape index (κ2) is 6.96. The third-order valence-corrected chi connectivity index (χ3v) is 8.18. The summed E-state index contributed by atoms with van der Waals surface area (Å²) < 4.78 is 47.1. The molecule has 0 aromatic heterocycles. The van der Waals surface area contributed by atoms with Gasteiger partial charge in [0.1, 0.15) is 9.84 Å². The minimum atomic E-state index is -2.99. The highest BCUT2D eigenvalue weighted by molar-refractivity contribution is 7.91. The highest BCUT2D eigenvalue weighted by atomic mass is 32.2. The quantitative estimate of drug-likeness (QED) is 0.679. The summed E-state index contributed by atoms with van der Waals surface area (Å²) in [7, 11) is -5.89. The van der Waals surface area contributed by atoms with Crippen molar-refractivity contribution in [3.63, 3.8) is 0 Å². The molecule has 0 bridgehead atoms. The molecular weight excluding hydrogens is 310 g/mol. The van der Waals surface area contributed by atoms with Crippen molar-refractivity contribution in [2.45, 2.75) is 45.1 Å². The average Bonchev–Trinajstić information content (AvgIpc) is 3.13. The van der Waals surface area contributed by atoms with Crippen molar-refractivity contribution in [2.75, 3.05) is 29.6 Å². The maximum absolute atomic E-state index is 11.9. The monoisotopic (exact) mass is 337 g/mol. The largest absolute Gasteiger partial charge is 0.314 e. The van der Waals surface area contributed by atoms with Crippen LogP contribution in [0.4, 0.5) is 0 Å². The number of hydrogen-bond donors (Lipinski definition) is 1. The van der Waals surface area contributed by atoms with Crippen LogP contribution in [0.3, 0.4) is 0 Å². The van der Waals surface area contributed by atoms with Crippen molar-refractivity contribution in [2.24, 2.45) is 11.8 Å². The molecule has 1 saturated carbocycles. The lowest BCUT2D eigenvalue weighted by Gasteiger charge is -2.23. The Kier molecular flexibility index (Phi) is 5.71. The molecule has 1 aliphatic heterocycles. The lowest BCUT2D eigenvalue weighted by Crippen LogP contribution is -2.32. The van der Waals surface area contributed by atoms with Gasteiger partial charge in [0.2, 0.25) is 0 Å². The normalized spacial score (nSPS) is 26.8. The summed E-state index contributed by atoms with van der Waals surface area (Å²) in [6.07, 6.45) is 4.29. The Morgan fingerprint density at radius 3 is 2.43 bits per heavy atom. The molecule has 2 unspecified atom stereocenters. The highest BCUT2D eigenvalue weighted by Gasteiger charge is 2.34. The molecule has 21 heavy (non-hydrogen) atoms. The van der Waals surface area contributed by atoms with Gasteiger partial charge in [-0.05, 0) is 50.5 Å². The molecule has 0 aromatic carbocycles. The molecule has 2 rings (SSSR count). The van der Waals surface area contributed by atoms with Crippen LogP contribution in [-0.4, -0.2) is 52.4 Å². The Morgan fingerprint density at radius 1 is 1.19 bits per heavy atom. The van der Waals surface area contributed by atoms with Crippen LogP contribution in [0.5, 0.6) is 0 Å². The zero-order chi connectivity index (χ0) is 15.5. The second-order valence-electron chi connectivity index (χ2n) is 6.55. The van der Waals surface area contributed by atoms with Gasteiger partial charge in [-0.15, -0.1) is 0 Å². The summed E-state index contributed by atoms with van der Waals surface area (Å²) in [5.41, 5.74) is 0. The van der Waals surface area contributed by atoms with Gasteiger partial charge in [0.15, 0.2) is 9.84 Å². The van der Waals surface area contributed by atoms with Crippen LogP contribution >= 0.6 is 0 Å². The molecule has 5 nitrogen and oxygen atoms in total. The summed E-state index contributed by atoms with van der Waals surface area (Å²) in [6, 6.07) is 0.567. The fourth-order valence-electron chi connectivity index (χ4n) is 3.05. The van der Waals surface area contributed by atoms with Crippen molar-refractivity contribution in [3.8, 4) is 0 Å². The van der Waals surface area contributed by atoms with Gasteiger partial charge in [0, 0.05) is 11.8 Å². The fourth-order valence-corrected chi connectivity index (χ4v) is 6.46. The Labute approximate surface area is 128 Å². The summed E-state index contributed by atoms with van der Waals surface area (Å²) in [4.78, 5) is 0. The summed E-state index contributed by atoms with van der Waals surface area (Å²) in [5.74, 6) is 1.21. The van der Waals surface area contributed by atoms with E-state index in [1.807, 2.05) is 6.92 Å². The third kappa shape index (κ3) is 5.87. The lowest BCUT2D eigenvalue weighted by atomic mass is 9.89. The van der Waals surface area contributed by atoms with Crippen molar-refractivity contribution >= 4 is 19.7 Å². The molecule has 2 aliphatic rings. The molecule has 0 radical (unpaired) electrons. The fraction of sp³-hybridized carbons (Fsp3) is 1.00. The highest BCUT2D eigenvalue weighted by Crippen LogP contribution is 2.29. The molecule has 2 atom stereocenters. The SMILES string of the molecule is CCCS(=O)(=O)CCC(CNC1CC1)C1CCS(=O)(=O)C1. The van der Waals surface area contributed by atoms with Crippen molar-refractivity contribution in [3.05, 3.63) is 0 Å². The van der Waals surface area contributed by atoms with Crippen molar-refractivity contribution in [1.82, 2.24) is 5.32 Å². The van der Waals surface area contributed by atoms with Gasteiger partial charge in [0.05, 0.1) is 17.3 Å². The number of sulfone groups is 2. The van der Waals surface area contributed by atoms with Gasteiger partial charge < -0.3 is 5.32 Å². The standard InChI is InChI=1S/C14H27NO4S2/c1-2-7-20(16,17)8-5-12(10-15-14-3-4-14)13-6-9-21(18,19)11-13/h12-15H,2-11H2,1H3. The molecule has 7 heteroatoms. The van der Waals surface area contributed by atoms with Gasteiger partial charge >= 0.3 is 0 Å². The van der Waals surface area contributed by atoms with E-state index in [9.17, 15) is 16.8 Å². The third-order valence-electron chi connectivity index (χ3n) is 4.50. The van der Waals surface area contributed by atoms with Crippen LogP contribution in [0.15, 0.2) is 0 Å². The van der Waals surface area contributed by atoms with Crippen LogP contribution < -0.4 is 5.32 Å². The minimum Gasteiger partial charge on any atom is -0.314 e. The van der Waals surface area contributed by atoms with Gasteiger partial charge in [0.25, 0.3) is 0 Å². The van der Waals surface area contributed by atoms with Crippen molar-refractivity contribution in [1.29, 1.82) is 0 Å². The van der Waals surface area contributed by atoms with E-state index < -0.39 is 19.7 Å². The smallest absolute Gasteiger partial charge is 0.150 e. The maximum atomic E-state index is 11.9. The Balaban J connectivity index is 1.91.